The van der Waals surface area contributed by atoms with E-state index in [1.54, 1.807) is 43.3 Å². The molecule has 35 heavy (non-hydrogen) atoms. The van der Waals surface area contributed by atoms with Gasteiger partial charge >= 0.3 is 0 Å². The molecule has 2 heterocycles. The molecule has 1 atom stereocenters. The van der Waals surface area contributed by atoms with Crippen LogP contribution in [0.4, 0.5) is 4.39 Å². The lowest BCUT2D eigenvalue weighted by molar-refractivity contribution is -0.140. The first-order valence-corrected chi connectivity index (χ1v) is 12.0. The SMILES string of the molecule is CCOc1ccc(C(O)=C2C(=O)C(=O)N(CCCN3CCOCC3)[C@H]2c2ccccc2F)c(C)c1. The standard InChI is InChI=1S/C27H31FN2O5/c1-3-35-19-9-10-20(18(2)17-19)25(31)23-24(21-7-4-5-8-22(21)28)30(27(33)26(23)32)12-6-11-29-13-15-34-16-14-29/h4-5,7-10,17,24,31H,3,6,11-16H2,1-2H3/t24-/m0/s1. The highest BCUT2D eigenvalue weighted by atomic mass is 19.1. The number of benzene rings is 2. The third-order valence-corrected chi connectivity index (χ3v) is 6.48. The van der Waals surface area contributed by atoms with E-state index in [4.69, 9.17) is 9.47 Å². The van der Waals surface area contributed by atoms with Gasteiger partial charge in [-0.15, -0.1) is 0 Å². The summed E-state index contributed by atoms with van der Waals surface area (Å²) >= 11 is 0. The monoisotopic (exact) mass is 482 g/mol. The zero-order valence-electron chi connectivity index (χ0n) is 20.1. The van der Waals surface area contributed by atoms with E-state index in [0.29, 0.717) is 43.1 Å². The Kier molecular flexibility index (Phi) is 7.83. The number of rotatable bonds is 8. The van der Waals surface area contributed by atoms with Crippen molar-refractivity contribution >= 4 is 17.4 Å². The van der Waals surface area contributed by atoms with Gasteiger partial charge in [0.2, 0.25) is 0 Å². The minimum Gasteiger partial charge on any atom is -0.507 e. The Labute approximate surface area is 204 Å². The molecule has 2 aliphatic heterocycles. The molecule has 0 unspecified atom stereocenters. The topological polar surface area (TPSA) is 79.3 Å². The lowest BCUT2D eigenvalue weighted by atomic mass is 9.93. The first kappa shape index (κ1) is 24.9. The highest BCUT2D eigenvalue weighted by Crippen LogP contribution is 2.41. The molecule has 7 nitrogen and oxygen atoms in total. The predicted molar refractivity (Wildman–Crippen MR) is 130 cm³/mol. The van der Waals surface area contributed by atoms with Gasteiger partial charge in [0.1, 0.15) is 17.3 Å². The number of carbonyl (C=O) groups excluding carboxylic acids is 2. The van der Waals surface area contributed by atoms with Gasteiger partial charge in [-0.05, 0) is 50.1 Å². The maximum atomic E-state index is 14.9. The molecular weight excluding hydrogens is 451 g/mol. The number of aliphatic hydroxyl groups is 1. The molecular formula is C27H31FN2O5. The van der Waals surface area contributed by atoms with Crippen molar-refractivity contribution < 1.29 is 28.6 Å². The summed E-state index contributed by atoms with van der Waals surface area (Å²) in [6.07, 6.45) is 0.611. The summed E-state index contributed by atoms with van der Waals surface area (Å²) in [4.78, 5) is 29.9. The molecule has 0 aliphatic carbocycles. The number of morpholine rings is 1. The molecule has 2 aromatic carbocycles. The molecule has 1 amide bonds. The maximum absolute atomic E-state index is 14.9. The molecule has 1 N–H and O–H groups in total. The van der Waals surface area contributed by atoms with Gasteiger partial charge in [0.05, 0.1) is 31.4 Å². The number of amides is 1. The van der Waals surface area contributed by atoms with Crippen molar-refractivity contribution in [2.24, 2.45) is 0 Å². The Morgan fingerprint density at radius 1 is 1.14 bits per heavy atom. The van der Waals surface area contributed by atoms with Crippen LogP contribution in [0.1, 0.15) is 36.1 Å². The first-order valence-electron chi connectivity index (χ1n) is 12.0. The highest BCUT2D eigenvalue weighted by molar-refractivity contribution is 6.46. The van der Waals surface area contributed by atoms with Crippen LogP contribution in [0.2, 0.25) is 0 Å². The van der Waals surface area contributed by atoms with Crippen molar-refractivity contribution in [3.05, 3.63) is 70.5 Å². The van der Waals surface area contributed by atoms with E-state index in [1.807, 2.05) is 6.92 Å². The summed E-state index contributed by atoms with van der Waals surface area (Å²) in [7, 11) is 0. The molecule has 0 bridgehead atoms. The van der Waals surface area contributed by atoms with E-state index in [9.17, 15) is 19.1 Å². The van der Waals surface area contributed by atoms with Crippen molar-refractivity contribution in [3.63, 3.8) is 0 Å². The van der Waals surface area contributed by atoms with Gasteiger partial charge in [-0.2, -0.15) is 0 Å². The molecule has 2 saturated heterocycles. The third kappa shape index (κ3) is 5.23. The fourth-order valence-corrected chi connectivity index (χ4v) is 4.72. The molecule has 2 fully saturated rings. The Morgan fingerprint density at radius 2 is 1.89 bits per heavy atom. The second kappa shape index (κ2) is 11.0. The number of likely N-dealkylation sites (tertiary alicyclic amines) is 1. The predicted octanol–water partition coefficient (Wildman–Crippen LogP) is 3.68. The first-order chi connectivity index (χ1) is 16.9. The van der Waals surface area contributed by atoms with Crippen molar-refractivity contribution in [3.8, 4) is 5.75 Å². The van der Waals surface area contributed by atoms with Crippen LogP contribution in [0.5, 0.6) is 5.75 Å². The number of hydrogen-bond acceptors (Lipinski definition) is 6. The van der Waals surface area contributed by atoms with Crippen molar-refractivity contribution in [2.45, 2.75) is 26.3 Å². The van der Waals surface area contributed by atoms with Crippen LogP contribution in [0.25, 0.3) is 5.76 Å². The zero-order valence-corrected chi connectivity index (χ0v) is 20.1. The number of halogens is 1. The van der Waals surface area contributed by atoms with Gasteiger partial charge in [-0.25, -0.2) is 4.39 Å². The van der Waals surface area contributed by atoms with Gasteiger partial charge in [-0.3, -0.25) is 14.5 Å². The summed E-state index contributed by atoms with van der Waals surface area (Å²) in [5.74, 6) is -1.75. The van der Waals surface area contributed by atoms with E-state index in [-0.39, 0.29) is 23.4 Å². The average molecular weight is 483 g/mol. The molecule has 2 aromatic rings. The number of hydrogen-bond donors (Lipinski definition) is 1. The van der Waals surface area contributed by atoms with Gasteiger partial charge < -0.3 is 19.5 Å². The quantitative estimate of drug-likeness (QED) is 0.351. The molecule has 0 aromatic heterocycles. The van der Waals surface area contributed by atoms with Crippen molar-refractivity contribution in [2.75, 3.05) is 46.0 Å². The van der Waals surface area contributed by atoms with E-state index in [0.717, 1.165) is 19.6 Å². The normalized spacial score (nSPS) is 20.4. The summed E-state index contributed by atoms with van der Waals surface area (Å²) in [6.45, 7) is 8.11. The largest absolute Gasteiger partial charge is 0.507 e. The minimum atomic E-state index is -1.01. The smallest absolute Gasteiger partial charge is 0.295 e. The molecule has 8 heteroatoms. The second-order valence-electron chi connectivity index (χ2n) is 8.73. The number of carbonyl (C=O) groups is 2. The lowest BCUT2D eigenvalue weighted by Crippen LogP contribution is -2.39. The Hall–Kier alpha value is -3.23. The van der Waals surface area contributed by atoms with Crippen LogP contribution in [-0.4, -0.2) is 72.6 Å². The van der Waals surface area contributed by atoms with E-state index in [1.165, 1.54) is 11.0 Å². The van der Waals surface area contributed by atoms with Gasteiger partial charge in [-0.1, -0.05) is 18.2 Å². The Morgan fingerprint density at radius 3 is 2.57 bits per heavy atom. The molecule has 0 saturated carbocycles. The lowest BCUT2D eigenvalue weighted by Gasteiger charge is -2.29. The van der Waals surface area contributed by atoms with Crippen LogP contribution in [0, 0.1) is 12.7 Å². The number of ketones is 1. The summed E-state index contributed by atoms with van der Waals surface area (Å²) < 4.78 is 25.8. The number of aryl methyl sites for hydroxylation is 1. The van der Waals surface area contributed by atoms with Crippen molar-refractivity contribution in [1.82, 2.24) is 9.80 Å². The van der Waals surface area contributed by atoms with Crippen LogP contribution >= 0.6 is 0 Å². The number of nitrogens with zero attached hydrogens (tertiary/aromatic N) is 2. The second-order valence-corrected chi connectivity index (χ2v) is 8.73. The molecule has 186 valence electrons. The van der Waals surface area contributed by atoms with Crippen LogP contribution in [-0.2, 0) is 14.3 Å². The zero-order chi connectivity index (χ0) is 24.9. The maximum Gasteiger partial charge on any atom is 0.295 e. The number of ether oxygens (including phenoxy) is 2. The number of Topliss-reactive ketones (excluding diaryl/α,β-unsaturated/α-hetero) is 1. The highest BCUT2D eigenvalue weighted by Gasteiger charge is 2.46. The van der Waals surface area contributed by atoms with E-state index in [2.05, 4.69) is 4.90 Å². The van der Waals surface area contributed by atoms with Crippen molar-refractivity contribution in [1.29, 1.82) is 0 Å². The Bertz CT molecular complexity index is 1130. The molecule has 2 aliphatic rings. The summed E-state index contributed by atoms with van der Waals surface area (Å²) in [5, 5.41) is 11.3. The summed E-state index contributed by atoms with van der Waals surface area (Å²) in [5.41, 5.74) is 1.17. The van der Waals surface area contributed by atoms with Gasteiger partial charge in [0, 0.05) is 37.3 Å². The van der Waals surface area contributed by atoms with E-state index >= 15 is 0 Å². The van der Waals surface area contributed by atoms with Gasteiger partial charge in [0.25, 0.3) is 11.7 Å². The fraction of sp³-hybridized carbons (Fsp3) is 0.407. The van der Waals surface area contributed by atoms with Crippen LogP contribution in [0.15, 0.2) is 48.0 Å². The van der Waals surface area contributed by atoms with Gasteiger partial charge in [0.15, 0.2) is 0 Å². The molecule has 4 rings (SSSR count). The van der Waals surface area contributed by atoms with Crippen LogP contribution < -0.4 is 4.74 Å². The molecule has 0 radical (unpaired) electrons. The summed E-state index contributed by atoms with van der Waals surface area (Å²) in [6, 6.07) is 10.2. The molecule has 0 spiro atoms. The van der Waals surface area contributed by atoms with E-state index < -0.39 is 23.5 Å². The fourth-order valence-electron chi connectivity index (χ4n) is 4.72. The number of aliphatic hydroxyl groups excluding tert-OH is 1. The average Bonchev–Trinajstić information content (AvgIpc) is 3.10. The van der Waals surface area contributed by atoms with Crippen LogP contribution in [0.3, 0.4) is 0 Å². The third-order valence-electron chi connectivity index (χ3n) is 6.48. The Balaban J connectivity index is 1.70. The minimum absolute atomic E-state index is 0.0984.